The summed E-state index contributed by atoms with van der Waals surface area (Å²) in [4.78, 5) is 35.2. The Bertz CT molecular complexity index is 1880. The smallest absolute Gasteiger partial charge is 0.424 e. The van der Waals surface area contributed by atoms with E-state index in [1.54, 1.807) is 12.1 Å². The second kappa shape index (κ2) is 11.5. The van der Waals surface area contributed by atoms with Crippen molar-refractivity contribution in [2.75, 3.05) is 26.8 Å². The van der Waals surface area contributed by atoms with Crippen molar-refractivity contribution in [2.45, 2.75) is 43.9 Å². The van der Waals surface area contributed by atoms with Gasteiger partial charge in [-0.1, -0.05) is 13.0 Å². The zero-order chi connectivity index (χ0) is 33.8. The Kier molecular flexibility index (Phi) is 7.86. The van der Waals surface area contributed by atoms with E-state index in [-0.39, 0.29) is 45.9 Å². The third kappa shape index (κ3) is 5.84. The molecule has 0 spiro atoms. The number of carbonyl (C=O) groups excluding carboxylic acids is 2. The standard InChI is InChI=1S/C34H32F4N4O5/c1-31(10-11-31)16-41-30(44)32(2)18-47-28-23(32)15-25(42-27(28)19-6-8-22(35)9-7-19)33(45,34(36,37)38)17-40-29(43)21-13-20-5-4-12-39-26(20)24(14-21)46-3/h4-9,12-15,45H,10-11,16-18H2,1-3H3,(H,40,43)(H,41,44)/t32-,33-/m0/s1. The number of pyridine rings is 2. The molecule has 1 fully saturated rings. The van der Waals surface area contributed by atoms with Crippen LogP contribution >= 0.6 is 0 Å². The first-order valence-electron chi connectivity index (χ1n) is 14.9. The fraction of sp³-hybridized carbons (Fsp3) is 0.353. The van der Waals surface area contributed by atoms with E-state index in [9.17, 15) is 32.3 Å². The summed E-state index contributed by atoms with van der Waals surface area (Å²) in [6.45, 7) is 2.42. The number of carbonyl (C=O) groups is 2. The Balaban J connectivity index is 1.40. The highest BCUT2D eigenvalue weighted by atomic mass is 19.4. The molecule has 0 radical (unpaired) electrons. The van der Waals surface area contributed by atoms with Gasteiger partial charge in [-0.05, 0) is 73.7 Å². The number of hydrogen-bond acceptors (Lipinski definition) is 7. The third-order valence-electron chi connectivity index (χ3n) is 9.02. The monoisotopic (exact) mass is 652 g/mol. The number of alkyl halides is 3. The van der Waals surface area contributed by atoms with Crippen LogP contribution in [-0.4, -0.2) is 59.9 Å². The Hall–Kier alpha value is -4.78. The van der Waals surface area contributed by atoms with Gasteiger partial charge < -0.3 is 25.2 Å². The van der Waals surface area contributed by atoms with Crippen LogP contribution < -0.4 is 20.1 Å². The first-order chi connectivity index (χ1) is 22.2. The predicted octanol–water partition coefficient (Wildman–Crippen LogP) is 5.19. The Morgan fingerprint density at radius 3 is 2.45 bits per heavy atom. The molecule has 0 saturated heterocycles. The van der Waals surface area contributed by atoms with E-state index in [0.717, 1.165) is 31.0 Å². The van der Waals surface area contributed by atoms with Gasteiger partial charge in [0.2, 0.25) is 11.5 Å². The molecule has 3 N–H and O–H groups in total. The van der Waals surface area contributed by atoms with Crippen molar-refractivity contribution < 1.29 is 41.7 Å². The van der Waals surface area contributed by atoms with Crippen LogP contribution in [0.25, 0.3) is 22.2 Å². The van der Waals surface area contributed by atoms with Gasteiger partial charge in [-0.3, -0.25) is 14.6 Å². The van der Waals surface area contributed by atoms with Crippen molar-refractivity contribution in [3.05, 3.63) is 83.4 Å². The zero-order valence-electron chi connectivity index (χ0n) is 25.8. The molecule has 0 bridgehead atoms. The van der Waals surface area contributed by atoms with E-state index >= 15 is 0 Å². The average Bonchev–Trinajstić information content (AvgIpc) is 3.70. The fourth-order valence-corrected chi connectivity index (χ4v) is 5.56. The number of nitrogens with zero attached hydrogens (tertiary/aromatic N) is 2. The largest absolute Gasteiger partial charge is 0.494 e. The minimum absolute atomic E-state index is 0.0252. The van der Waals surface area contributed by atoms with Crippen LogP contribution in [0.1, 0.15) is 48.3 Å². The van der Waals surface area contributed by atoms with Gasteiger partial charge in [0.1, 0.15) is 40.5 Å². The molecule has 6 rings (SSSR count). The molecule has 47 heavy (non-hydrogen) atoms. The number of nitrogens with one attached hydrogen (secondary N) is 2. The molecule has 1 aliphatic carbocycles. The lowest BCUT2D eigenvalue weighted by molar-refractivity contribution is -0.265. The summed E-state index contributed by atoms with van der Waals surface area (Å²) >= 11 is 0. The first-order valence-corrected chi connectivity index (χ1v) is 14.9. The summed E-state index contributed by atoms with van der Waals surface area (Å²) in [6.07, 6.45) is -1.93. The number of fused-ring (bicyclic) bond motifs is 2. The Labute approximate surface area is 267 Å². The van der Waals surface area contributed by atoms with Gasteiger partial charge in [-0.25, -0.2) is 9.37 Å². The number of hydrogen-bond donors (Lipinski definition) is 3. The van der Waals surface area contributed by atoms with E-state index in [1.807, 2.05) is 6.92 Å². The molecule has 0 unspecified atom stereocenters. The number of aromatic nitrogens is 2. The number of amides is 2. The van der Waals surface area contributed by atoms with Gasteiger partial charge in [0, 0.05) is 34.8 Å². The van der Waals surface area contributed by atoms with Crippen LogP contribution in [0.3, 0.4) is 0 Å². The van der Waals surface area contributed by atoms with Crippen molar-refractivity contribution in [1.82, 2.24) is 20.6 Å². The topological polar surface area (TPSA) is 123 Å². The fourth-order valence-electron chi connectivity index (χ4n) is 5.56. The highest BCUT2D eigenvalue weighted by molar-refractivity contribution is 6.00. The molecule has 9 nitrogen and oxygen atoms in total. The molecule has 3 heterocycles. The molecule has 2 atom stereocenters. The molecule has 13 heteroatoms. The van der Waals surface area contributed by atoms with E-state index in [4.69, 9.17) is 9.47 Å². The van der Waals surface area contributed by atoms with Crippen molar-refractivity contribution in [2.24, 2.45) is 5.41 Å². The maximum absolute atomic E-state index is 14.9. The van der Waals surface area contributed by atoms with Crippen LogP contribution in [0.2, 0.25) is 0 Å². The van der Waals surface area contributed by atoms with E-state index in [1.165, 1.54) is 44.5 Å². The second-order valence-electron chi connectivity index (χ2n) is 12.6. The molecule has 2 aromatic carbocycles. The summed E-state index contributed by atoms with van der Waals surface area (Å²) in [6, 6.07) is 11.9. The molecule has 2 aliphatic rings. The normalized spacial score (nSPS) is 19.3. The third-order valence-corrected chi connectivity index (χ3v) is 9.02. The van der Waals surface area contributed by atoms with Crippen LogP contribution in [0.5, 0.6) is 11.5 Å². The zero-order valence-corrected chi connectivity index (χ0v) is 25.8. The van der Waals surface area contributed by atoms with Gasteiger partial charge in [0.15, 0.2) is 0 Å². The average molecular weight is 653 g/mol. The van der Waals surface area contributed by atoms with Gasteiger partial charge in [-0.15, -0.1) is 0 Å². The van der Waals surface area contributed by atoms with Gasteiger partial charge in [0.25, 0.3) is 5.91 Å². The molecule has 1 aliphatic heterocycles. The van der Waals surface area contributed by atoms with Crippen LogP contribution in [0.4, 0.5) is 17.6 Å². The minimum Gasteiger partial charge on any atom is -0.494 e. The highest BCUT2D eigenvalue weighted by Gasteiger charge is 2.58. The molecule has 2 aromatic heterocycles. The van der Waals surface area contributed by atoms with Crippen molar-refractivity contribution >= 4 is 22.7 Å². The second-order valence-corrected chi connectivity index (χ2v) is 12.6. The lowest BCUT2D eigenvalue weighted by atomic mass is 9.81. The Morgan fingerprint density at radius 2 is 1.79 bits per heavy atom. The molecule has 1 saturated carbocycles. The summed E-state index contributed by atoms with van der Waals surface area (Å²) < 4.78 is 69.7. The lowest BCUT2D eigenvalue weighted by Crippen LogP contribution is -2.52. The molecular weight excluding hydrogens is 620 g/mol. The lowest BCUT2D eigenvalue weighted by Gasteiger charge is -2.31. The van der Waals surface area contributed by atoms with Crippen molar-refractivity contribution in [1.29, 1.82) is 0 Å². The molecule has 4 aromatic rings. The highest BCUT2D eigenvalue weighted by Crippen LogP contribution is 2.49. The minimum atomic E-state index is -5.34. The maximum atomic E-state index is 14.9. The van der Waals surface area contributed by atoms with Gasteiger partial charge in [0.05, 0.1) is 19.3 Å². The molecule has 246 valence electrons. The number of benzene rings is 2. The van der Waals surface area contributed by atoms with Gasteiger partial charge >= 0.3 is 6.18 Å². The number of aliphatic hydroxyl groups is 1. The predicted molar refractivity (Wildman–Crippen MR) is 163 cm³/mol. The van der Waals surface area contributed by atoms with E-state index in [2.05, 4.69) is 20.6 Å². The van der Waals surface area contributed by atoms with Crippen molar-refractivity contribution in [3.8, 4) is 22.8 Å². The Morgan fingerprint density at radius 1 is 1.06 bits per heavy atom. The maximum Gasteiger partial charge on any atom is 0.424 e. The summed E-state index contributed by atoms with van der Waals surface area (Å²) in [5.74, 6) is -1.69. The van der Waals surface area contributed by atoms with Crippen LogP contribution in [0, 0.1) is 11.2 Å². The van der Waals surface area contributed by atoms with Crippen molar-refractivity contribution in [3.63, 3.8) is 0 Å². The SMILES string of the molecule is COc1cc(C(=O)NC[C@](O)(c2cc3c(c(-c4ccc(F)cc4)n2)OC[C@]3(C)C(=O)NCC2(C)CC2)C(F)(F)F)cc2cccnc12. The summed E-state index contributed by atoms with van der Waals surface area (Å²) in [7, 11) is 1.37. The number of rotatable bonds is 9. The number of ether oxygens (including phenoxy) is 2. The van der Waals surface area contributed by atoms with Gasteiger partial charge in [-0.2, -0.15) is 13.2 Å². The quantitative estimate of drug-likeness (QED) is 0.213. The summed E-state index contributed by atoms with van der Waals surface area (Å²) in [5.41, 5.74) is -5.50. The first kappa shape index (κ1) is 32.2. The van der Waals surface area contributed by atoms with Crippen LogP contribution in [0.15, 0.2) is 60.8 Å². The van der Waals surface area contributed by atoms with Crippen LogP contribution in [-0.2, 0) is 15.8 Å². The number of methoxy groups -OCH3 is 1. The number of halogens is 4. The molecule has 2 amide bonds. The van der Waals surface area contributed by atoms with E-state index < -0.39 is 47.1 Å². The van der Waals surface area contributed by atoms with E-state index in [0.29, 0.717) is 17.4 Å². The molecular formula is C34H32F4N4O5. The summed E-state index contributed by atoms with van der Waals surface area (Å²) in [5, 5.41) is 17.0.